The summed E-state index contributed by atoms with van der Waals surface area (Å²) in [6.45, 7) is 0. The fourth-order valence-electron chi connectivity index (χ4n) is 4.23. The van der Waals surface area contributed by atoms with Gasteiger partial charge < -0.3 is 5.11 Å². The van der Waals surface area contributed by atoms with Crippen LogP contribution in [0.5, 0.6) is 0 Å². The van der Waals surface area contributed by atoms with Gasteiger partial charge in [0.15, 0.2) is 0 Å². The molecular weight excluding hydrogens is 234 g/mol. The van der Waals surface area contributed by atoms with E-state index in [1.807, 2.05) is 24.4 Å². The molecule has 0 radical (unpaired) electrons. The molecule has 0 bridgehead atoms. The molecular formula is C17H17NO. The first-order valence-corrected chi connectivity index (χ1v) is 7.00. The first kappa shape index (κ1) is 11.2. The van der Waals surface area contributed by atoms with Crippen molar-refractivity contribution in [3.05, 3.63) is 66.0 Å². The van der Waals surface area contributed by atoms with Gasteiger partial charge in [-0.2, -0.15) is 0 Å². The van der Waals surface area contributed by atoms with Crippen LogP contribution in [0, 0.1) is 11.8 Å². The molecule has 4 rings (SSSR count). The van der Waals surface area contributed by atoms with Gasteiger partial charge in [-0.15, -0.1) is 0 Å². The summed E-state index contributed by atoms with van der Waals surface area (Å²) in [7, 11) is 0. The van der Waals surface area contributed by atoms with Gasteiger partial charge in [0.1, 0.15) is 0 Å². The van der Waals surface area contributed by atoms with E-state index in [1.165, 1.54) is 5.56 Å². The minimum absolute atomic E-state index is 0.0415. The zero-order valence-corrected chi connectivity index (χ0v) is 10.7. The zero-order valence-electron chi connectivity index (χ0n) is 10.7. The second-order valence-electron chi connectivity index (χ2n) is 5.73. The van der Waals surface area contributed by atoms with Crippen LogP contribution in [0.15, 0.2) is 54.7 Å². The number of aliphatic hydroxyl groups excluding tert-OH is 1. The van der Waals surface area contributed by atoms with Crippen LogP contribution < -0.4 is 0 Å². The van der Waals surface area contributed by atoms with Gasteiger partial charge in [-0.05, 0) is 36.5 Å². The molecule has 1 heterocycles. The number of aromatic nitrogens is 1. The van der Waals surface area contributed by atoms with Gasteiger partial charge in [-0.3, -0.25) is 4.98 Å². The van der Waals surface area contributed by atoms with Crippen molar-refractivity contribution in [1.29, 1.82) is 0 Å². The Morgan fingerprint density at radius 2 is 1.79 bits per heavy atom. The first-order chi connectivity index (χ1) is 9.35. The molecule has 1 aromatic heterocycles. The summed E-state index contributed by atoms with van der Waals surface area (Å²) in [6.07, 6.45) is 3.74. The first-order valence-electron chi connectivity index (χ1n) is 7.00. The second kappa shape index (κ2) is 3.91. The zero-order chi connectivity index (χ0) is 12.9. The molecule has 4 atom stereocenters. The van der Waals surface area contributed by atoms with Crippen molar-refractivity contribution in [2.45, 2.75) is 24.4 Å². The van der Waals surface area contributed by atoms with Gasteiger partial charge in [0.05, 0.1) is 11.8 Å². The maximum Gasteiger partial charge on any atom is 0.0584 e. The standard InChI is InChI=1S/C17H17NO/c19-14-10-9-13-16(14)17(13,12-6-2-1-3-7-12)15-8-4-5-11-18-15/h1-8,11,13-14,16,19H,9-10H2/t13-,14-,16-,17+/m0/s1. The number of aliphatic hydroxyl groups is 1. The van der Waals surface area contributed by atoms with E-state index in [2.05, 4.69) is 35.3 Å². The summed E-state index contributed by atoms with van der Waals surface area (Å²) in [5.74, 6) is 0.907. The molecule has 0 saturated heterocycles. The smallest absolute Gasteiger partial charge is 0.0584 e. The number of nitrogens with zero attached hydrogens (tertiary/aromatic N) is 1. The molecule has 2 fully saturated rings. The highest BCUT2D eigenvalue weighted by molar-refractivity contribution is 5.48. The Hall–Kier alpha value is -1.67. The van der Waals surface area contributed by atoms with Gasteiger partial charge in [-0.25, -0.2) is 0 Å². The number of pyridine rings is 1. The average Bonchev–Trinajstić information content (AvgIpc) is 3.02. The molecule has 0 aliphatic heterocycles. The monoisotopic (exact) mass is 251 g/mol. The lowest BCUT2D eigenvalue weighted by Crippen LogP contribution is -2.23. The van der Waals surface area contributed by atoms with Crippen LogP contribution in [0.2, 0.25) is 0 Å². The topological polar surface area (TPSA) is 33.1 Å². The molecule has 0 unspecified atom stereocenters. The predicted molar refractivity (Wildman–Crippen MR) is 73.7 cm³/mol. The van der Waals surface area contributed by atoms with Crippen molar-refractivity contribution >= 4 is 0 Å². The number of rotatable bonds is 2. The number of hydrogen-bond acceptors (Lipinski definition) is 2. The lowest BCUT2D eigenvalue weighted by molar-refractivity contribution is 0.148. The van der Waals surface area contributed by atoms with Crippen LogP contribution in [-0.4, -0.2) is 16.2 Å². The van der Waals surface area contributed by atoms with Crippen LogP contribution in [0.3, 0.4) is 0 Å². The third-order valence-corrected chi connectivity index (χ3v) is 4.96. The highest BCUT2D eigenvalue weighted by Gasteiger charge is 2.71. The molecule has 2 aliphatic rings. The van der Waals surface area contributed by atoms with E-state index in [1.54, 1.807) is 0 Å². The average molecular weight is 251 g/mol. The summed E-state index contributed by atoms with van der Waals surface area (Å²) in [5, 5.41) is 10.3. The summed E-state index contributed by atoms with van der Waals surface area (Å²) in [6, 6.07) is 16.7. The lowest BCUT2D eigenvalue weighted by Gasteiger charge is -2.23. The maximum atomic E-state index is 10.3. The van der Waals surface area contributed by atoms with E-state index in [9.17, 15) is 5.11 Å². The fourth-order valence-corrected chi connectivity index (χ4v) is 4.23. The van der Waals surface area contributed by atoms with Crippen molar-refractivity contribution in [2.24, 2.45) is 11.8 Å². The largest absolute Gasteiger partial charge is 0.393 e. The highest BCUT2D eigenvalue weighted by atomic mass is 16.3. The van der Waals surface area contributed by atoms with Gasteiger partial charge >= 0.3 is 0 Å². The van der Waals surface area contributed by atoms with Gasteiger partial charge in [0, 0.05) is 17.5 Å². The quantitative estimate of drug-likeness (QED) is 0.890. The van der Waals surface area contributed by atoms with Crippen molar-refractivity contribution in [1.82, 2.24) is 4.98 Å². The number of benzene rings is 1. The minimum atomic E-state index is -0.174. The molecule has 2 saturated carbocycles. The molecule has 96 valence electrons. The van der Waals surface area contributed by atoms with Crippen LogP contribution in [0.25, 0.3) is 0 Å². The van der Waals surface area contributed by atoms with E-state index in [4.69, 9.17) is 0 Å². The third-order valence-electron chi connectivity index (χ3n) is 4.96. The summed E-state index contributed by atoms with van der Waals surface area (Å²) in [5.41, 5.74) is 2.39. The molecule has 0 spiro atoms. The predicted octanol–water partition coefficient (Wildman–Crippen LogP) is 2.77. The molecule has 1 aromatic carbocycles. The fraction of sp³-hybridized carbons (Fsp3) is 0.353. The number of hydrogen-bond donors (Lipinski definition) is 1. The molecule has 1 N–H and O–H groups in total. The second-order valence-corrected chi connectivity index (χ2v) is 5.73. The van der Waals surface area contributed by atoms with E-state index >= 15 is 0 Å². The Morgan fingerprint density at radius 1 is 1.00 bits per heavy atom. The SMILES string of the molecule is O[C@H]1CC[C@H]2[C@@H]1[C@@]2(c1ccccc1)c1ccccn1. The van der Waals surface area contributed by atoms with Crippen molar-refractivity contribution in [3.8, 4) is 0 Å². The van der Waals surface area contributed by atoms with Crippen molar-refractivity contribution in [3.63, 3.8) is 0 Å². The van der Waals surface area contributed by atoms with Gasteiger partial charge in [0.25, 0.3) is 0 Å². The third kappa shape index (κ3) is 1.38. The van der Waals surface area contributed by atoms with Crippen molar-refractivity contribution < 1.29 is 5.11 Å². The van der Waals surface area contributed by atoms with Crippen LogP contribution in [0.1, 0.15) is 24.1 Å². The van der Waals surface area contributed by atoms with Crippen molar-refractivity contribution in [2.75, 3.05) is 0 Å². The normalized spacial score (nSPS) is 35.9. The molecule has 19 heavy (non-hydrogen) atoms. The van der Waals surface area contributed by atoms with Crippen LogP contribution in [-0.2, 0) is 5.41 Å². The summed E-state index contributed by atoms with van der Waals surface area (Å²) < 4.78 is 0. The molecule has 0 amide bonds. The van der Waals surface area contributed by atoms with E-state index in [0.717, 1.165) is 18.5 Å². The Morgan fingerprint density at radius 3 is 2.42 bits per heavy atom. The van der Waals surface area contributed by atoms with Crippen LogP contribution >= 0.6 is 0 Å². The summed E-state index contributed by atoms with van der Waals surface area (Å²) >= 11 is 0. The lowest BCUT2D eigenvalue weighted by atomic mass is 9.83. The number of fused-ring (bicyclic) bond motifs is 1. The molecule has 2 aromatic rings. The molecule has 2 heteroatoms. The van der Waals surface area contributed by atoms with Gasteiger partial charge in [-0.1, -0.05) is 36.4 Å². The van der Waals surface area contributed by atoms with E-state index < -0.39 is 0 Å². The molecule has 2 aliphatic carbocycles. The highest BCUT2D eigenvalue weighted by Crippen LogP contribution is 2.70. The van der Waals surface area contributed by atoms with E-state index in [0.29, 0.717) is 11.8 Å². The Labute approximate surface area is 113 Å². The van der Waals surface area contributed by atoms with Gasteiger partial charge in [0.2, 0.25) is 0 Å². The maximum absolute atomic E-state index is 10.3. The Bertz CT molecular complexity index is 541. The van der Waals surface area contributed by atoms with E-state index in [-0.39, 0.29) is 11.5 Å². The summed E-state index contributed by atoms with van der Waals surface area (Å²) in [4.78, 5) is 4.60. The Kier molecular flexibility index (Phi) is 2.30. The Balaban J connectivity index is 1.88. The minimum Gasteiger partial charge on any atom is -0.393 e. The molecule has 2 nitrogen and oxygen atoms in total. The van der Waals surface area contributed by atoms with Crippen LogP contribution in [0.4, 0.5) is 0 Å².